The van der Waals surface area contributed by atoms with Gasteiger partial charge in [-0.2, -0.15) is 5.26 Å². The Hall–Kier alpha value is -2.31. The van der Waals surface area contributed by atoms with Crippen molar-refractivity contribution in [3.05, 3.63) is 65.2 Å². The van der Waals surface area contributed by atoms with Crippen molar-refractivity contribution in [1.82, 2.24) is 4.90 Å². The first-order valence-corrected chi connectivity index (χ1v) is 7.27. The number of benzene rings is 2. The molecule has 3 nitrogen and oxygen atoms in total. The summed E-state index contributed by atoms with van der Waals surface area (Å²) in [4.78, 5) is 2.45. The average molecular weight is 278 g/mol. The summed E-state index contributed by atoms with van der Waals surface area (Å²) in [5, 5.41) is 8.74. The van der Waals surface area contributed by atoms with Gasteiger partial charge in [0.15, 0.2) is 0 Å². The van der Waals surface area contributed by atoms with E-state index in [2.05, 4.69) is 35.2 Å². The lowest BCUT2D eigenvalue weighted by Crippen LogP contribution is -2.19. The van der Waals surface area contributed by atoms with E-state index in [0.29, 0.717) is 12.2 Å². The minimum atomic E-state index is 0.664. The van der Waals surface area contributed by atoms with E-state index in [9.17, 15) is 0 Å². The van der Waals surface area contributed by atoms with Crippen molar-refractivity contribution < 1.29 is 4.74 Å². The Kier molecular flexibility index (Phi) is 4.18. The highest BCUT2D eigenvalue weighted by Crippen LogP contribution is 2.22. The van der Waals surface area contributed by atoms with E-state index in [1.165, 1.54) is 11.1 Å². The van der Waals surface area contributed by atoms with E-state index in [1.807, 2.05) is 12.1 Å². The van der Waals surface area contributed by atoms with Crippen molar-refractivity contribution in [2.24, 2.45) is 0 Å². The van der Waals surface area contributed by atoms with Crippen molar-refractivity contribution in [1.29, 1.82) is 5.26 Å². The smallest absolute Gasteiger partial charge is 0.119 e. The van der Waals surface area contributed by atoms with Gasteiger partial charge in [0.25, 0.3) is 0 Å². The van der Waals surface area contributed by atoms with E-state index >= 15 is 0 Å². The van der Waals surface area contributed by atoms with Crippen LogP contribution in [0.2, 0.25) is 0 Å². The Balaban J connectivity index is 1.40. The van der Waals surface area contributed by atoms with Crippen LogP contribution in [0, 0.1) is 11.3 Å². The van der Waals surface area contributed by atoms with Gasteiger partial charge in [0.05, 0.1) is 18.2 Å². The van der Waals surface area contributed by atoms with Crippen LogP contribution < -0.4 is 4.74 Å². The van der Waals surface area contributed by atoms with Crippen LogP contribution in [0.4, 0.5) is 0 Å². The highest BCUT2D eigenvalue weighted by Gasteiger charge is 2.17. The second-order valence-corrected chi connectivity index (χ2v) is 5.32. The lowest BCUT2D eigenvalue weighted by atomic mass is 10.1. The molecule has 0 unspecified atom stereocenters. The largest absolute Gasteiger partial charge is 0.494 e. The quantitative estimate of drug-likeness (QED) is 0.787. The van der Waals surface area contributed by atoms with Gasteiger partial charge in [-0.1, -0.05) is 24.3 Å². The van der Waals surface area contributed by atoms with E-state index in [-0.39, 0.29) is 0 Å². The first-order valence-electron chi connectivity index (χ1n) is 7.27. The number of hydrogen-bond donors (Lipinski definition) is 0. The summed E-state index contributed by atoms with van der Waals surface area (Å²) in [6, 6.07) is 18.0. The molecule has 0 amide bonds. The zero-order valence-electron chi connectivity index (χ0n) is 12.0. The summed E-state index contributed by atoms with van der Waals surface area (Å²) in [7, 11) is 0. The maximum Gasteiger partial charge on any atom is 0.119 e. The Morgan fingerprint density at radius 1 is 1.00 bits per heavy atom. The summed E-state index contributed by atoms with van der Waals surface area (Å²) in [5.41, 5.74) is 3.56. The molecule has 0 spiro atoms. The molecule has 0 fully saturated rings. The predicted molar refractivity (Wildman–Crippen MR) is 81.8 cm³/mol. The number of rotatable bonds is 5. The molecule has 2 aromatic carbocycles. The highest BCUT2D eigenvalue weighted by molar-refractivity contribution is 5.34. The second kappa shape index (κ2) is 6.43. The van der Waals surface area contributed by atoms with Crippen molar-refractivity contribution in [3.8, 4) is 11.8 Å². The Bertz CT molecular complexity index is 618. The van der Waals surface area contributed by atoms with E-state index < -0.39 is 0 Å². The van der Waals surface area contributed by atoms with E-state index in [4.69, 9.17) is 10.00 Å². The third-order valence-electron chi connectivity index (χ3n) is 3.78. The first kappa shape index (κ1) is 13.7. The van der Waals surface area contributed by atoms with E-state index in [1.54, 1.807) is 12.1 Å². The van der Waals surface area contributed by atoms with Gasteiger partial charge < -0.3 is 4.74 Å². The summed E-state index contributed by atoms with van der Waals surface area (Å²) in [5.74, 6) is 0.832. The van der Waals surface area contributed by atoms with Gasteiger partial charge in [-0.15, -0.1) is 0 Å². The van der Waals surface area contributed by atoms with Crippen LogP contribution >= 0.6 is 0 Å². The molecule has 0 N–H and O–H groups in total. The molecular formula is C18H18N2O. The van der Waals surface area contributed by atoms with Crippen molar-refractivity contribution in [2.45, 2.75) is 19.5 Å². The SMILES string of the molecule is N#Cc1ccc(OCCCN2Cc3ccccc3C2)cc1. The van der Waals surface area contributed by atoms with Crippen LogP contribution in [-0.2, 0) is 13.1 Å². The average Bonchev–Trinajstić information content (AvgIpc) is 2.95. The van der Waals surface area contributed by atoms with Crippen LogP contribution in [0.15, 0.2) is 48.5 Å². The molecule has 0 atom stereocenters. The predicted octanol–water partition coefficient (Wildman–Crippen LogP) is 3.34. The summed E-state index contributed by atoms with van der Waals surface area (Å²) < 4.78 is 5.71. The molecule has 3 heteroatoms. The van der Waals surface area contributed by atoms with Gasteiger partial charge in [0.1, 0.15) is 5.75 Å². The number of fused-ring (bicyclic) bond motifs is 1. The minimum Gasteiger partial charge on any atom is -0.494 e. The fourth-order valence-corrected chi connectivity index (χ4v) is 2.67. The molecule has 0 aliphatic carbocycles. The highest BCUT2D eigenvalue weighted by atomic mass is 16.5. The van der Waals surface area contributed by atoms with Crippen molar-refractivity contribution in [2.75, 3.05) is 13.2 Å². The van der Waals surface area contributed by atoms with Crippen LogP contribution in [-0.4, -0.2) is 18.1 Å². The second-order valence-electron chi connectivity index (χ2n) is 5.32. The normalized spacial score (nSPS) is 13.7. The van der Waals surface area contributed by atoms with Gasteiger partial charge >= 0.3 is 0 Å². The number of nitrogens with zero attached hydrogens (tertiary/aromatic N) is 2. The van der Waals surface area contributed by atoms with Gasteiger partial charge in [-0.05, 0) is 41.8 Å². The van der Waals surface area contributed by atoms with Crippen LogP contribution in [0.3, 0.4) is 0 Å². The number of hydrogen-bond acceptors (Lipinski definition) is 3. The standard InChI is InChI=1S/C18H18N2O/c19-12-15-6-8-18(9-7-15)21-11-3-10-20-13-16-4-1-2-5-17(16)14-20/h1-2,4-9H,3,10-11,13-14H2. The zero-order valence-corrected chi connectivity index (χ0v) is 12.0. The lowest BCUT2D eigenvalue weighted by Gasteiger charge is -2.14. The van der Waals surface area contributed by atoms with Crippen molar-refractivity contribution >= 4 is 0 Å². The molecule has 1 aliphatic heterocycles. The number of ether oxygens (including phenoxy) is 1. The van der Waals surface area contributed by atoms with Gasteiger partial charge in [0, 0.05) is 19.6 Å². The summed E-state index contributed by atoms with van der Waals surface area (Å²) >= 11 is 0. The van der Waals surface area contributed by atoms with Crippen molar-refractivity contribution in [3.63, 3.8) is 0 Å². The van der Waals surface area contributed by atoms with E-state index in [0.717, 1.165) is 31.8 Å². The maximum atomic E-state index is 8.74. The fraction of sp³-hybridized carbons (Fsp3) is 0.278. The molecule has 0 saturated carbocycles. The fourth-order valence-electron chi connectivity index (χ4n) is 2.67. The van der Waals surface area contributed by atoms with Crippen LogP contribution in [0.1, 0.15) is 23.1 Å². The van der Waals surface area contributed by atoms with Crippen LogP contribution in [0.5, 0.6) is 5.75 Å². The molecule has 3 rings (SSSR count). The Morgan fingerprint density at radius 2 is 1.67 bits per heavy atom. The number of nitriles is 1. The minimum absolute atomic E-state index is 0.664. The molecule has 1 heterocycles. The lowest BCUT2D eigenvalue weighted by molar-refractivity contribution is 0.238. The molecule has 0 radical (unpaired) electrons. The third kappa shape index (κ3) is 3.42. The van der Waals surface area contributed by atoms with Crippen LogP contribution in [0.25, 0.3) is 0 Å². The molecular weight excluding hydrogens is 260 g/mol. The molecule has 106 valence electrons. The third-order valence-corrected chi connectivity index (χ3v) is 3.78. The summed E-state index contributed by atoms with van der Waals surface area (Å²) in [6.07, 6.45) is 1.01. The zero-order chi connectivity index (χ0) is 14.5. The van der Waals surface area contributed by atoms with Gasteiger partial charge in [0.2, 0.25) is 0 Å². The molecule has 0 saturated heterocycles. The molecule has 21 heavy (non-hydrogen) atoms. The molecule has 1 aliphatic rings. The molecule has 0 bridgehead atoms. The first-order chi connectivity index (χ1) is 10.3. The topological polar surface area (TPSA) is 36.3 Å². The monoisotopic (exact) mass is 278 g/mol. The summed E-state index contributed by atoms with van der Waals surface area (Å²) in [6.45, 7) is 3.85. The Labute approximate surface area is 125 Å². The molecule has 2 aromatic rings. The van der Waals surface area contributed by atoms with Gasteiger partial charge in [-0.25, -0.2) is 0 Å². The maximum absolute atomic E-state index is 8.74. The Morgan fingerprint density at radius 3 is 2.29 bits per heavy atom. The van der Waals surface area contributed by atoms with Gasteiger partial charge in [-0.3, -0.25) is 4.90 Å². The molecule has 0 aromatic heterocycles.